The van der Waals surface area contributed by atoms with E-state index in [4.69, 9.17) is 0 Å². The summed E-state index contributed by atoms with van der Waals surface area (Å²) in [6, 6.07) is 8.91. The number of rotatable bonds is 3. The topological polar surface area (TPSA) is 69.7 Å². The van der Waals surface area contributed by atoms with Crippen LogP contribution in [0.2, 0.25) is 0 Å². The number of carbonyl (C=O) groups excluding carboxylic acids is 3. The Bertz CT molecular complexity index is 1050. The standard InChI is InChI=1S/C23H22F3N3O3/c1-13(2)14-5-9-17(10-6-14)29-21(31)19-18(27-22(29)32)11-12-28(19)20(30)15-3-7-16(8-4-15)23(24,25)26/h3-10,13,18-19H,11-12H2,1-2H3,(H,27,32). The third-order valence-electron chi connectivity index (χ3n) is 5.92. The number of alkyl halides is 3. The summed E-state index contributed by atoms with van der Waals surface area (Å²) in [5.41, 5.74) is 0.641. The van der Waals surface area contributed by atoms with Gasteiger partial charge < -0.3 is 10.2 Å². The molecule has 2 aromatic carbocycles. The molecule has 4 rings (SSSR count). The predicted molar refractivity (Wildman–Crippen MR) is 111 cm³/mol. The maximum Gasteiger partial charge on any atom is 0.416 e. The Hall–Kier alpha value is -3.36. The van der Waals surface area contributed by atoms with Crippen molar-refractivity contribution in [2.24, 2.45) is 0 Å². The van der Waals surface area contributed by atoms with Crippen molar-refractivity contribution in [2.45, 2.75) is 44.4 Å². The lowest BCUT2D eigenvalue weighted by Gasteiger charge is -2.37. The van der Waals surface area contributed by atoms with Gasteiger partial charge in [0.25, 0.3) is 11.8 Å². The van der Waals surface area contributed by atoms with Crippen LogP contribution in [0, 0.1) is 0 Å². The van der Waals surface area contributed by atoms with Gasteiger partial charge in [0.2, 0.25) is 0 Å². The van der Waals surface area contributed by atoms with Gasteiger partial charge in [-0.3, -0.25) is 9.59 Å². The summed E-state index contributed by atoms with van der Waals surface area (Å²) in [7, 11) is 0. The average molecular weight is 445 g/mol. The molecule has 2 fully saturated rings. The average Bonchev–Trinajstić information content (AvgIpc) is 3.17. The van der Waals surface area contributed by atoms with Gasteiger partial charge in [-0.2, -0.15) is 13.2 Å². The van der Waals surface area contributed by atoms with Gasteiger partial charge in [-0.05, 0) is 54.3 Å². The van der Waals surface area contributed by atoms with Crippen molar-refractivity contribution in [1.82, 2.24) is 10.2 Å². The van der Waals surface area contributed by atoms with Crippen molar-refractivity contribution in [3.8, 4) is 0 Å². The van der Waals surface area contributed by atoms with E-state index in [0.717, 1.165) is 34.7 Å². The highest BCUT2D eigenvalue weighted by Gasteiger charge is 2.50. The number of hydrogen-bond donors (Lipinski definition) is 1. The number of anilines is 1. The number of nitrogens with zero attached hydrogens (tertiary/aromatic N) is 2. The molecule has 0 aliphatic carbocycles. The molecule has 0 radical (unpaired) electrons. The van der Waals surface area contributed by atoms with Crippen LogP contribution in [0.15, 0.2) is 48.5 Å². The Morgan fingerprint density at radius 1 is 1.03 bits per heavy atom. The van der Waals surface area contributed by atoms with Crippen molar-refractivity contribution in [2.75, 3.05) is 11.4 Å². The molecule has 0 bridgehead atoms. The largest absolute Gasteiger partial charge is 0.416 e. The second kappa shape index (κ2) is 7.96. The fraction of sp³-hybridized carbons (Fsp3) is 0.348. The normalized spacial score (nSPS) is 21.1. The number of fused-ring (bicyclic) bond motifs is 1. The van der Waals surface area contributed by atoms with Crippen LogP contribution < -0.4 is 10.2 Å². The van der Waals surface area contributed by atoms with Crippen LogP contribution in [-0.2, 0) is 11.0 Å². The molecule has 0 saturated carbocycles. The van der Waals surface area contributed by atoms with Crippen LogP contribution in [0.4, 0.5) is 23.7 Å². The first kappa shape index (κ1) is 21.9. The van der Waals surface area contributed by atoms with E-state index in [1.165, 1.54) is 4.90 Å². The molecule has 0 aromatic heterocycles. The molecule has 1 N–H and O–H groups in total. The van der Waals surface area contributed by atoms with Gasteiger partial charge in [-0.1, -0.05) is 26.0 Å². The monoisotopic (exact) mass is 445 g/mol. The minimum absolute atomic E-state index is 0.0520. The summed E-state index contributed by atoms with van der Waals surface area (Å²) in [5, 5.41) is 2.78. The number of likely N-dealkylation sites (tertiary alicyclic amines) is 1. The van der Waals surface area contributed by atoms with Gasteiger partial charge in [0.1, 0.15) is 6.04 Å². The number of nitrogens with one attached hydrogen (secondary N) is 1. The van der Waals surface area contributed by atoms with Crippen molar-refractivity contribution < 1.29 is 27.6 Å². The highest BCUT2D eigenvalue weighted by molar-refractivity contribution is 6.19. The van der Waals surface area contributed by atoms with Gasteiger partial charge in [0.05, 0.1) is 17.3 Å². The van der Waals surface area contributed by atoms with E-state index in [9.17, 15) is 27.6 Å². The second-order valence-electron chi connectivity index (χ2n) is 8.28. The lowest BCUT2D eigenvalue weighted by Crippen LogP contribution is -2.65. The quantitative estimate of drug-likeness (QED) is 0.771. The minimum atomic E-state index is -4.50. The molecule has 4 amide bonds. The molecule has 0 spiro atoms. The predicted octanol–water partition coefficient (Wildman–Crippen LogP) is 4.17. The smallest absolute Gasteiger partial charge is 0.332 e. The van der Waals surface area contributed by atoms with E-state index < -0.39 is 41.7 Å². The zero-order chi connectivity index (χ0) is 23.2. The molecule has 2 aromatic rings. The SMILES string of the molecule is CC(C)c1ccc(N2C(=O)NC3CCN(C(=O)c4ccc(C(F)(F)F)cc4)C3C2=O)cc1. The molecule has 6 nitrogen and oxygen atoms in total. The van der Waals surface area contributed by atoms with Crippen LogP contribution in [0.1, 0.15) is 47.7 Å². The molecule has 9 heteroatoms. The van der Waals surface area contributed by atoms with Crippen LogP contribution in [0.25, 0.3) is 0 Å². The van der Waals surface area contributed by atoms with Crippen LogP contribution in [0.5, 0.6) is 0 Å². The molecule has 2 heterocycles. The van der Waals surface area contributed by atoms with Gasteiger partial charge in [0.15, 0.2) is 0 Å². The van der Waals surface area contributed by atoms with Crippen LogP contribution in [0.3, 0.4) is 0 Å². The molecular weight excluding hydrogens is 423 g/mol. The number of halogens is 3. The Balaban J connectivity index is 1.59. The number of imide groups is 1. The van der Waals surface area contributed by atoms with E-state index in [1.54, 1.807) is 12.1 Å². The molecule has 32 heavy (non-hydrogen) atoms. The minimum Gasteiger partial charge on any atom is -0.332 e. The molecule has 2 aliphatic rings. The molecule has 168 valence electrons. The number of urea groups is 1. The fourth-order valence-corrected chi connectivity index (χ4v) is 4.15. The van der Waals surface area contributed by atoms with Crippen molar-refractivity contribution in [3.05, 3.63) is 65.2 Å². The van der Waals surface area contributed by atoms with Crippen LogP contribution >= 0.6 is 0 Å². The first-order valence-corrected chi connectivity index (χ1v) is 10.3. The van der Waals surface area contributed by atoms with E-state index in [-0.39, 0.29) is 18.0 Å². The highest BCUT2D eigenvalue weighted by Crippen LogP contribution is 2.32. The Morgan fingerprint density at radius 3 is 2.22 bits per heavy atom. The molecule has 2 atom stereocenters. The molecule has 2 unspecified atom stereocenters. The summed E-state index contributed by atoms with van der Waals surface area (Å²) in [5.74, 6) is -0.800. The number of amides is 4. The van der Waals surface area contributed by atoms with Gasteiger partial charge in [0, 0.05) is 12.1 Å². The molecular formula is C23H22F3N3O3. The zero-order valence-corrected chi connectivity index (χ0v) is 17.5. The summed E-state index contributed by atoms with van der Waals surface area (Å²) in [6.45, 7) is 4.27. The molecule has 2 aliphatic heterocycles. The van der Waals surface area contributed by atoms with Gasteiger partial charge in [-0.25, -0.2) is 9.69 Å². The first-order valence-electron chi connectivity index (χ1n) is 10.3. The zero-order valence-electron chi connectivity index (χ0n) is 17.5. The van der Waals surface area contributed by atoms with E-state index in [0.29, 0.717) is 12.1 Å². The third kappa shape index (κ3) is 3.83. The van der Waals surface area contributed by atoms with Gasteiger partial charge in [-0.15, -0.1) is 0 Å². The lowest BCUT2D eigenvalue weighted by molar-refractivity contribution is -0.137. The Morgan fingerprint density at radius 2 is 1.66 bits per heavy atom. The summed E-state index contributed by atoms with van der Waals surface area (Å²) in [4.78, 5) is 41.3. The van der Waals surface area contributed by atoms with E-state index >= 15 is 0 Å². The first-order chi connectivity index (χ1) is 15.1. The van der Waals surface area contributed by atoms with E-state index in [1.807, 2.05) is 26.0 Å². The summed E-state index contributed by atoms with van der Waals surface area (Å²) in [6.07, 6.45) is -4.12. The summed E-state index contributed by atoms with van der Waals surface area (Å²) >= 11 is 0. The van der Waals surface area contributed by atoms with Crippen molar-refractivity contribution in [1.29, 1.82) is 0 Å². The van der Waals surface area contributed by atoms with E-state index in [2.05, 4.69) is 5.32 Å². The van der Waals surface area contributed by atoms with Crippen molar-refractivity contribution >= 4 is 23.5 Å². The third-order valence-corrected chi connectivity index (χ3v) is 5.92. The number of carbonyl (C=O) groups is 3. The maximum atomic E-state index is 13.3. The Kier molecular flexibility index (Phi) is 5.44. The lowest BCUT2D eigenvalue weighted by atomic mass is 10.0. The van der Waals surface area contributed by atoms with Crippen LogP contribution in [-0.4, -0.2) is 41.4 Å². The summed E-state index contributed by atoms with van der Waals surface area (Å²) < 4.78 is 38.5. The van der Waals surface area contributed by atoms with Gasteiger partial charge >= 0.3 is 12.2 Å². The number of benzene rings is 2. The second-order valence-corrected chi connectivity index (χ2v) is 8.28. The molecule has 2 saturated heterocycles. The highest BCUT2D eigenvalue weighted by atomic mass is 19.4. The van der Waals surface area contributed by atoms with Crippen molar-refractivity contribution in [3.63, 3.8) is 0 Å². The maximum absolute atomic E-state index is 13.3. The number of hydrogen-bond acceptors (Lipinski definition) is 3. The fourth-order valence-electron chi connectivity index (χ4n) is 4.15. The Labute approximate surface area is 183 Å².